The van der Waals surface area contributed by atoms with Gasteiger partial charge in [0.1, 0.15) is 0 Å². The van der Waals surface area contributed by atoms with E-state index in [0.717, 1.165) is 6.42 Å². The first-order chi connectivity index (χ1) is 8.88. The first-order valence-electron chi connectivity index (χ1n) is 6.34. The summed E-state index contributed by atoms with van der Waals surface area (Å²) in [7, 11) is -3.57. The molecule has 1 fully saturated rings. The van der Waals surface area contributed by atoms with Gasteiger partial charge < -0.3 is 5.11 Å². The lowest BCUT2D eigenvalue weighted by Crippen LogP contribution is -2.46. The van der Waals surface area contributed by atoms with E-state index in [1.54, 1.807) is 24.3 Å². The summed E-state index contributed by atoms with van der Waals surface area (Å²) in [6.07, 6.45) is 1.65. The summed E-state index contributed by atoms with van der Waals surface area (Å²) in [5.41, 5.74) is 0. The second-order valence-electron chi connectivity index (χ2n) is 5.17. The Labute approximate surface area is 122 Å². The number of hydrogen-bond donors (Lipinski definition) is 2. The molecule has 2 N–H and O–H groups in total. The minimum absolute atomic E-state index is 0.215. The summed E-state index contributed by atoms with van der Waals surface area (Å²) in [6, 6.07) is 6.17. The van der Waals surface area contributed by atoms with E-state index in [2.05, 4.69) is 27.6 Å². The normalized spacial score (nSPS) is 28.3. The van der Waals surface area contributed by atoms with E-state index in [4.69, 9.17) is 0 Å². The molecule has 1 aliphatic carbocycles. The van der Waals surface area contributed by atoms with Gasteiger partial charge in [-0.05, 0) is 43.4 Å². The fourth-order valence-electron chi connectivity index (χ4n) is 2.39. The number of aliphatic hydroxyl groups excluding tert-OH is 1. The van der Waals surface area contributed by atoms with Crippen LogP contribution in [0.15, 0.2) is 33.6 Å². The zero-order valence-corrected chi connectivity index (χ0v) is 13.1. The fraction of sp³-hybridized carbons (Fsp3) is 0.538. The number of rotatable bonds is 3. The number of nitrogens with one attached hydrogen (secondary N) is 1. The standard InChI is InChI=1S/C13H18BrNO3S/c1-9-5-6-12(13(16)7-9)15-19(17,18)11-4-2-3-10(14)8-11/h2-4,8-9,12-13,15-16H,5-7H2,1H3/t9-,12-,13-/m1/s1. The molecule has 0 spiro atoms. The number of aliphatic hydroxyl groups is 1. The van der Waals surface area contributed by atoms with Crippen LogP contribution in [0.1, 0.15) is 26.2 Å². The van der Waals surface area contributed by atoms with Crippen LogP contribution in [0.5, 0.6) is 0 Å². The van der Waals surface area contributed by atoms with E-state index in [9.17, 15) is 13.5 Å². The molecule has 4 nitrogen and oxygen atoms in total. The zero-order valence-electron chi connectivity index (χ0n) is 10.7. The zero-order chi connectivity index (χ0) is 14.0. The van der Waals surface area contributed by atoms with Gasteiger partial charge in [-0.2, -0.15) is 0 Å². The van der Waals surface area contributed by atoms with E-state index < -0.39 is 16.1 Å². The molecule has 0 radical (unpaired) electrons. The van der Waals surface area contributed by atoms with Gasteiger partial charge in [0, 0.05) is 10.5 Å². The van der Waals surface area contributed by atoms with Gasteiger partial charge in [-0.15, -0.1) is 0 Å². The minimum atomic E-state index is -3.57. The highest BCUT2D eigenvalue weighted by molar-refractivity contribution is 9.10. The Morgan fingerprint density at radius 2 is 2.11 bits per heavy atom. The molecule has 6 heteroatoms. The summed E-state index contributed by atoms with van der Waals surface area (Å²) < 4.78 is 27.8. The summed E-state index contributed by atoms with van der Waals surface area (Å²) in [5.74, 6) is 0.446. The van der Waals surface area contributed by atoms with Crippen molar-refractivity contribution in [1.82, 2.24) is 4.72 Å². The third kappa shape index (κ3) is 3.78. The average molecular weight is 348 g/mol. The van der Waals surface area contributed by atoms with Crippen LogP contribution < -0.4 is 4.72 Å². The van der Waals surface area contributed by atoms with Crippen molar-refractivity contribution in [3.8, 4) is 0 Å². The van der Waals surface area contributed by atoms with Crippen LogP contribution >= 0.6 is 15.9 Å². The molecule has 0 unspecified atom stereocenters. The summed E-state index contributed by atoms with van der Waals surface area (Å²) in [6.45, 7) is 2.07. The average Bonchev–Trinajstić information content (AvgIpc) is 2.33. The van der Waals surface area contributed by atoms with Crippen LogP contribution in [0.2, 0.25) is 0 Å². The lowest BCUT2D eigenvalue weighted by molar-refractivity contribution is 0.0790. The first-order valence-corrected chi connectivity index (χ1v) is 8.62. The van der Waals surface area contributed by atoms with Gasteiger partial charge in [0.25, 0.3) is 0 Å². The Hall–Kier alpha value is -0.430. The minimum Gasteiger partial charge on any atom is -0.391 e. The van der Waals surface area contributed by atoms with Crippen LogP contribution in [0.25, 0.3) is 0 Å². The topological polar surface area (TPSA) is 66.4 Å². The Morgan fingerprint density at radius 1 is 1.37 bits per heavy atom. The number of benzene rings is 1. The van der Waals surface area contributed by atoms with Gasteiger partial charge in [0.15, 0.2) is 0 Å². The van der Waals surface area contributed by atoms with Crippen LogP contribution in [0.4, 0.5) is 0 Å². The molecule has 19 heavy (non-hydrogen) atoms. The van der Waals surface area contributed by atoms with Gasteiger partial charge in [-0.3, -0.25) is 0 Å². The summed E-state index contributed by atoms with van der Waals surface area (Å²) in [4.78, 5) is 0.215. The van der Waals surface area contributed by atoms with Crippen LogP contribution in [0.3, 0.4) is 0 Å². The second-order valence-corrected chi connectivity index (χ2v) is 7.80. The van der Waals surface area contributed by atoms with E-state index in [1.165, 1.54) is 0 Å². The quantitative estimate of drug-likeness (QED) is 0.881. The molecular weight excluding hydrogens is 330 g/mol. The van der Waals surface area contributed by atoms with E-state index >= 15 is 0 Å². The van der Waals surface area contributed by atoms with Crippen molar-refractivity contribution < 1.29 is 13.5 Å². The lowest BCUT2D eigenvalue weighted by Gasteiger charge is -2.31. The van der Waals surface area contributed by atoms with Crippen molar-refractivity contribution in [2.24, 2.45) is 5.92 Å². The van der Waals surface area contributed by atoms with Crippen LogP contribution in [-0.2, 0) is 10.0 Å². The van der Waals surface area contributed by atoms with E-state index in [-0.39, 0.29) is 10.9 Å². The monoisotopic (exact) mass is 347 g/mol. The number of halogens is 1. The van der Waals surface area contributed by atoms with Crippen molar-refractivity contribution in [2.75, 3.05) is 0 Å². The van der Waals surface area contributed by atoms with Gasteiger partial charge in [-0.1, -0.05) is 28.9 Å². The summed E-state index contributed by atoms with van der Waals surface area (Å²) in [5, 5.41) is 9.97. The molecule has 1 saturated carbocycles. The predicted molar refractivity (Wildman–Crippen MR) is 77.3 cm³/mol. The highest BCUT2D eigenvalue weighted by atomic mass is 79.9. The molecule has 1 aromatic rings. The predicted octanol–water partition coefficient (Wildman–Crippen LogP) is 2.28. The lowest BCUT2D eigenvalue weighted by atomic mass is 9.86. The van der Waals surface area contributed by atoms with Crippen LogP contribution in [0, 0.1) is 5.92 Å². The SMILES string of the molecule is C[C@@H]1CC[C@@H](NS(=O)(=O)c2cccc(Br)c2)[C@H](O)C1. The Kier molecular flexibility index (Phi) is 4.66. The third-order valence-corrected chi connectivity index (χ3v) is 5.47. The van der Waals surface area contributed by atoms with Gasteiger partial charge in [0.05, 0.1) is 11.0 Å². The highest BCUT2D eigenvalue weighted by Gasteiger charge is 2.30. The van der Waals surface area contributed by atoms with Crippen molar-refractivity contribution in [1.29, 1.82) is 0 Å². The van der Waals surface area contributed by atoms with E-state index in [0.29, 0.717) is 23.2 Å². The molecular formula is C13H18BrNO3S. The van der Waals surface area contributed by atoms with Gasteiger partial charge in [-0.25, -0.2) is 13.1 Å². The van der Waals surface area contributed by atoms with Crippen molar-refractivity contribution in [3.63, 3.8) is 0 Å². The smallest absolute Gasteiger partial charge is 0.240 e. The van der Waals surface area contributed by atoms with Gasteiger partial charge >= 0.3 is 0 Å². The maximum absolute atomic E-state index is 12.2. The van der Waals surface area contributed by atoms with Crippen LogP contribution in [-0.4, -0.2) is 25.7 Å². The molecule has 3 atom stereocenters. The first kappa shape index (κ1) is 15.0. The molecule has 0 aromatic heterocycles. The largest absolute Gasteiger partial charge is 0.391 e. The Bertz CT molecular complexity index is 547. The third-order valence-electron chi connectivity index (χ3n) is 3.49. The number of sulfonamides is 1. The second kappa shape index (κ2) is 5.91. The van der Waals surface area contributed by atoms with Crippen molar-refractivity contribution in [2.45, 2.75) is 43.2 Å². The molecule has 2 rings (SSSR count). The molecule has 0 bridgehead atoms. The molecule has 1 aliphatic rings. The molecule has 0 aliphatic heterocycles. The fourth-order valence-corrected chi connectivity index (χ4v) is 4.29. The number of hydrogen-bond acceptors (Lipinski definition) is 3. The maximum atomic E-state index is 12.2. The molecule has 0 heterocycles. The van der Waals surface area contributed by atoms with Gasteiger partial charge in [0.2, 0.25) is 10.0 Å². The highest BCUT2D eigenvalue weighted by Crippen LogP contribution is 2.25. The molecule has 0 saturated heterocycles. The molecule has 1 aromatic carbocycles. The maximum Gasteiger partial charge on any atom is 0.240 e. The molecule has 106 valence electrons. The summed E-state index contributed by atoms with van der Waals surface area (Å²) >= 11 is 3.26. The van der Waals surface area contributed by atoms with Crippen molar-refractivity contribution in [3.05, 3.63) is 28.7 Å². The van der Waals surface area contributed by atoms with Crippen molar-refractivity contribution >= 4 is 26.0 Å². The molecule has 0 amide bonds. The van der Waals surface area contributed by atoms with E-state index in [1.807, 2.05) is 0 Å². The Morgan fingerprint density at radius 3 is 2.74 bits per heavy atom. The Balaban J connectivity index is 2.13.